The normalized spacial score (nSPS) is 19.7. The fraction of sp³-hybridized carbons (Fsp3) is 0.750. The van der Waals surface area contributed by atoms with Gasteiger partial charge in [0.15, 0.2) is 0 Å². The number of nitrogens with two attached hydrogens (primary N) is 1. The number of ether oxygens (including phenoxy) is 1. The third kappa shape index (κ3) is 1.85. The van der Waals surface area contributed by atoms with Crippen molar-refractivity contribution in [3.8, 4) is 0 Å². The Hall–Kier alpha value is -1.14. The maximum Gasteiger partial charge on any atom is 0.266 e. The molecule has 0 unspecified atom stereocenters. The monoisotopic (exact) mass is 198 g/mol. The highest BCUT2D eigenvalue weighted by molar-refractivity contribution is 5.28. The van der Waals surface area contributed by atoms with Gasteiger partial charge in [-0.15, -0.1) is 0 Å². The summed E-state index contributed by atoms with van der Waals surface area (Å²) in [5.41, 5.74) is 5.62. The molecule has 1 aliphatic rings. The van der Waals surface area contributed by atoms with Crippen LogP contribution in [-0.4, -0.2) is 36.4 Å². The predicted octanol–water partition coefficient (Wildman–Crippen LogP) is -0.0741. The van der Waals surface area contributed by atoms with Crippen LogP contribution in [0.15, 0.2) is 4.52 Å². The Morgan fingerprint density at radius 3 is 2.71 bits per heavy atom. The summed E-state index contributed by atoms with van der Waals surface area (Å²) in [5, 5.41) is 3.87. The van der Waals surface area contributed by atoms with Gasteiger partial charge in [-0.05, 0) is 12.1 Å². The second-order valence-corrected chi connectivity index (χ2v) is 3.32. The molecule has 1 fully saturated rings. The zero-order valence-electron chi connectivity index (χ0n) is 8.14. The van der Waals surface area contributed by atoms with Crippen molar-refractivity contribution in [2.24, 2.45) is 5.73 Å². The van der Waals surface area contributed by atoms with Crippen LogP contribution < -0.4 is 10.6 Å². The Balaban J connectivity index is 2.07. The molecule has 1 aliphatic heterocycles. The molecule has 2 heterocycles. The first-order valence-electron chi connectivity index (χ1n) is 4.69. The van der Waals surface area contributed by atoms with Gasteiger partial charge in [-0.2, -0.15) is 4.98 Å². The summed E-state index contributed by atoms with van der Waals surface area (Å²) in [6, 6.07) is -0.211. The van der Waals surface area contributed by atoms with Crippen molar-refractivity contribution in [3.63, 3.8) is 0 Å². The summed E-state index contributed by atoms with van der Waals surface area (Å²) >= 11 is 0. The van der Waals surface area contributed by atoms with Crippen LogP contribution in [0.25, 0.3) is 0 Å². The molecule has 14 heavy (non-hydrogen) atoms. The lowest BCUT2D eigenvalue weighted by Gasteiger charge is -2.24. The third-order valence-electron chi connectivity index (χ3n) is 2.11. The van der Waals surface area contributed by atoms with Crippen LogP contribution >= 0.6 is 0 Å². The Morgan fingerprint density at radius 1 is 1.43 bits per heavy atom. The Labute approximate surface area is 82.0 Å². The van der Waals surface area contributed by atoms with Crippen LogP contribution in [0, 0.1) is 0 Å². The molecule has 0 aromatic carbocycles. The standard InChI is InChI=1S/C8H14N4O2/c1-6(9)7-10-8(11-14-7)12-2-4-13-5-3-12/h6H,2-5,9H2,1H3/t6-/m0/s1. The van der Waals surface area contributed by atoms with Crippen LogP contribution in [0.2, 0.25) is 0 Å². The van der Waals surface area contributed by atoms with Gasteiger partial charge in [-0.1, -0.05) is 0 Å². The van der Waals surface area contributed by atoms with Crippen molar-refractivity contribution in [1.82, 2.24) is 10.1 Å². The molecule has 1 aromatic rings. The Morgan fingerprint density at radius 2 is 2.14 bits per heavy atom. The van der Waals surface area contributed by atoms with Crippen molar-refractivity contribution < 1.29 is 9.26 Å². The molecule has 0 aliphatic carbocycles. The number of anilines is 1. The first-order chi connectivity index (χ1) is 6.77. The highest BCUT2D eigenvalue weighted by atomic mass is 16.5. The smallest absolute Gasteiger partial charge is 0.266 e. The van der Waals surface area contributed by atoms with Gasteiger partial charge < -0.3 is 19.9 Å². The quantitative estimate of drug-likeness (QED) is 0.716. The van der Waals surface area contributed by atoms with Crippen molar-refractivity contribution in [2.75, 3.05) is 31.2 Å². The van der Waals surface area contributed by atoms with E-state index in [1.807, 2.05) is 11.8 Å². The number of aromatic nitrogens is 2. The average Bonchev–Trinajstić information content (AvgIpc) is 2.68. The summed E-state index contributed by atoms with van der Waals surface area (Å²) in [6.07, 6.45) is 0. The van der Waals surface area contributed by atoms with E-state index in [4.69, 9.17) is 15.0 Å². The molecule has 1 saturated heterocycles. The SMILES string of the molecule is C[C@H](N)c1nc(N2CCOCC2)no1. The first-order valence-corrected chi connectivity index (χ1v) is 4.69. The molecule has 0 saturated carbocycles. The van der Waals surface area contributed by atoms with Gasteiger partial charge in [0.25, 0.3) is 5.95 Å². The Bertz CT molecular complexity index is 293. The van der Waals surface area contributed by atoms with E-state index in [1.54, 1.807) is 0 Å². The van der Waals surface area contributed by atoms with Crippen LogP contribution in [-0.2, 0) is 4.74 Å². The zero-order valence-corrected chi connectivity index (χ0v) is 8.14. The minimum Gasteiger partial charge on any atom is -0.378 e. The van der Waals surface area contributed by atoms with E-state index >= 15 is 0 Å². The van der Waals surface area contributed by atoms with E-state index in [-0.39, 0.29) is 6.04 Å². The topological polar surface area (TPSA) is 77.4 Å². The maximum absolute atomic E-state index is 5.62. The molecule has 78 valence electrons. The minimum atomic E-state index is -0.211. The molecule has 2 rings (SSSR count). The molecule has 6 nitrogen and oxygen atoms in total. The van der Waals surface area contributed by atoms with Gasteiger partial charge in [0, 0.05) is 13.1 Å². The molecule has 0 spiro atoms. The largest absolute Gasteiger partial charge is 0.378 e. The summed E-state index contributed by atoms with van der Waals surface area (Å²) < 4.78 is 10.2. The lowest BCUT2D eigenvalue weighted by atomic mass is 10.4. The lowest BCUT2D eigenvalue weighted by Crippen LogP contribution is -2.36. The molecule has 0 bridgehead atoms. The summed E-state index contributed by atoms with van der Waals surface area (Å²) in [4.78, 5) is 6.23. The fourth-order valence-electron chi connectivity index (χ4n) is 1.30. The zero-order chi connectivity index (χ0) is 9.97. The first kappa shape index (κ1) is 9.42. The predicted molar refractivity (Wildman–Crippen MR) is 49.9 cm³/mol. The van der Waals surface area contributed by atoms with Crippen molar-refractivity contribution >= 4 is 5.95 Å². The number of rotatable bonds is 2. The number of hydrogen-bond acceptors (Lipinski definition) is 6. The molecule has 6 heteroatoms. The molecule has 0 radical (unpaired) electrons. The van der Waals surface area contributed by atoms with Crippen LogP contribution in [0.5, 0.6) is 0 Å². The van der Waals surface area contributed by atoms with Gasteiger partial charge in [0.1, 0.15) is 0 Å². The van der Waals surface area contributed by atoms with Crippen molar-refractivity contribution in [1.29, 1.82) is 0 Å². The van der Waals surface area contributed by atoms with Crippen LogP contribution in [0.4, 0.5) is 5.95 Å². The molecule has 2 N–H and O–H groups in total. The molecule has 1 aromatic heterocycles. The molecular weight excluding hydrogens is 184 g/mol. The number of nitrogens with zero attached hydrogens (tertiary/aromatic N) is 3. The van der Waals surface area contributed by atoms with E-state index in [9.17, 15) is 0 Å². The summed E-state index contributed by atoms with van der Waals surface area (Å²) in [6.45, 7) is 4.84. The highest BCUT2D eigenvalue weighted by Crippen LogP contribution is 2.14. The van der Waals surface area contributed by atoms with Crippen LogP contribution in [0.1, 0.15) is 18.9 Å². The van der Waals surface area contributed by atoms with Gasteiger partial charge in [0.2, 0.25) is 5.89 Å². The fourth-order valence-corrected chi connectivity index (χ4v) is 1.30. The van der Waals surface area contributed by atoms with Gasteiger partial charge in [0.05, 0.1) is 19.3 Å². The van der Waals surface area contributed by atoms with Gasteiger partial charge >= 0.3 is 0 Å². The van der Waals surface area contributed by atoms with Crippen LogP contribution in [0.3, 0.4) is 0 Å². The van der Waals surface area contributed by atoms with E-state index in [0.717, 1.165) is 13.1 Å². The van der Waals surface area contributed by atoms with Gasteiger partial charge in [-0.25, -0.2) is 0 Å². The average molecular weight is 198 g/mol. The van der Waals surface area contributed by atoms with Crippen molar-refractivity contribution in [2.45, 2.75) is 13.0 Å². The minimum absolute atomic E-state index is 0.211. The van der Waals surface area contributed by atoms with Gasteiger partial charge in [-0.3, -0.25) is 0 Å². The highest BCUT2D eigenvalue weighted by Gasteiger charge is 2.18. The second-order valence-electron chi connectivity index (χ2n) is 3.32. The summed E-state index contributed by atoms with van der Waals surface area (Å²) in [5.74, 6) is 1.09. The van der Waals surface area contributed by atoms with Crippen molar-refractivity contribution in [3.05, 3.63) is 5.89 Å². The third-order valence-corrected chi connectivity index (χ3v) is 2.11. The summed E-state index contributed by atoms with van der Waals surface area (Å²) in [7, 11) is 0. The maximum atomic E-state index is 5.62. The van der Waals surface area contributed by atoms with E-state index in [1.165, 1.54) is 0 Å². The number of morpholine rings is 1. The van der Waals surface area contributed by atoms with E-state index < -0.39 is 0 Å². The Kier molecular flexibility index (Phi) is 2.64. The van der Waals surface area contributed by atoms with E-state index in [0.29, 0.717) is 25.1 Å². The second kappa shape index (κ2) is 3.93. The number of hydrogen-bond donors (Lipinski definition) is 1. The lowest BCUT2D eigenvalue weighted by molar-refractivity contribution is 0.121. The van der Waals surface area contributed by atoms with E-state index in [2.05, 4.69) is 10.1 Å². The molecular formula is C8H14N4O2. The molecule has 1 atom stereocenters. The molecule has 0 amide bonds.